The van der Waals surface area contributed by atoms with Crippen LogP contribution in [-0.2, 0) is 0 Å². The van der Waals surface area contributed by atoms with E-state index >= 15 is 0 Å². The highest BCUT2D eigenvalue weighted by molar-refractivity contribution is 5.74. The fraction of sp³-hybridized carbons (Fsp3) is 0.250. The molecule has 0 radical (unpaired) electrons. The van der Waals surface area contributed by atoms with E-state index < -0.39 is 0 Å². The highest BCUT2D eigenvalue weighted by Crippen LogP contribution is 1.73. The van der Waals surface area contributed by atoms with Crippen LogP contribution in [0.3, 0.4) is 0 Å². The Balaban J connectivity index is 2.90. The van der Waals surface area contributed by atoms with Crippen molar-refractivity contribution in [2.45, 2.75) is 6.92 Å². The second-order valence-electron chi connectivity index (χ2n) is 1.53. The minimum absolute atomic E-state index is 0.410. The van der Waals surface area contributed by atoms with Gasteiger partial charge in [-0.1, -0.05) is 9.78 Å². The van der Waals surface area contributed by atoms with E-state index in [-0.39, 0.29) is 0 Å². The van der Waals surface area contributed by atoms with Crippen molar-refractivity contribution < 1.29 is 5.16 Å². The Morgan fingerprint density at radius 1 is 1.78 bits per heavy atom. The van der Waals surface area contributed by atoms with Crippen LogP contribution < -0.4 is 5.16 Å². The maximum Gasteiger partial charge on any atom is 0.276 e. The first-order valence-electron chi connectivity index (χ1n) is 2.41. The SMILES string of the molecule is CC(=[NH+][O-])n1cncn1. The fourth-order valence-corrected chi connectivity index (χ4v) is 0.428. The first-order chi connectivity index (χ1) is 4.34. The molecule has 1 aromatic rings. The minimum Gasteiger partial charge on any atom is -0.717 e. The van der Waals surface area contributed by atoms with E-state index in [1.54, 1.807) is 12.1 Å². The van der Waals surface area contributed by atoms with Gasteiger partial charge in [0, 0.05) is 6.92 Å². The van der Waals surface area contributed by atoms with Crippen molar-refractivity contribution in [1.82, 2.24) is 14.8 Å². The van der Waals surface area contributed by atoms with Gasteiger partial charge in [-0.2, -0.15) is 4.98 Å². The number of hydrogen-bond donors (Lipinski definition) is 1. The Morgan fingerprint density at radius 3 is 3.00 bits per heavy atom. The summed E-state index contributed by atoms with van der Waals surface area (Å²) in [5, 5.41) is 15.3. The molecule has 0 spiro atoms. The first-order valence-corrected chi connectivity index (χ1v) is 2.41. The number of hydrogen-bond acceptors (Lipinski definition) is 3. The summed E-state index contributed by atoms with van der Waals surface area (Å²) in [7, 11) is 0. The molecule has 0 unspecified atom stereocenters. The molecule has 0 atom stereocenters. The summed E-state index contributed by atoms with van der Waals surface area (Å²) in [4.78, 5) is 3.64. The molecule has 1 aromatic heterocycles. The summed E-state index contributed by atoms with van der Waals surface area (Å²) in [6.07, 6.45) is 2.81. The zero-order valence-corrected chi connectivity index (χ0v) is 4.90. The lowest BCUT2D eigenvalue weighted by Gasteiger charge is -1.89. The normalized spacial score (nSPS) is 11.9. The average molecular weight is 126 g/mol. The summed E-state index contributed by atoms with van der Waals surface area (Å²) in [6, 6.07) is 0. The molecule has 1 rings (SSSR count). The van der Waals surface area contributed by atoms with Gasteiger partial charge in [0.2, 0.25) is 6.33 Å². The molecule has 0 saturated carbocycles. The van der Waals surface area contributed by atoms with E-state index in [1.807, 2.05) is 0 Å². The highest BCUT2D eigenvalue weighted by atomic mass is 16.4. The number of rotatable bonds is 0. The van der Waals surface area contributed by atoms with Gasteiger partial charge in [-0.3, -0.25) is 5.16 Å². The molecule has 0 fully saturated rings. The van der Waals surface area contributed by atoms with Crippen molar-refractivity contribution in [3.8, 4) is 0 Å². The summed E-state index contributed by atoms with van der Waals surface area (Å²) in [6.45, 7) is 1.61. The lowest BCUT2D eigenvalue weighted by molar-refractivity contribution is -0.376. The van der Waals surface area contributed by atoms with E-state index in [0.29, 0.717) is 5.84 Å². The molecule has 0 aliphatic heterocycles. The fourth-order valence-electron chi connectivity index (χ4n) is 0.428. The molecule has 0 aliphatic carbocycles. The molecule has 5 nitrogen and oxygen atoms in total. The van der Waals surface area contributed by atoms with Crippen molar-refractivity contribution in [2.24, 2.45) is 0 Å². The van der Waals surface area contributed by atoms with Gasteiger partial charge in [0.15, 0.2) is 6.33 Å². The maximum absolute atomic E-state index is 9.95. The topological polar surface area (TPSA) is 67.7 Å². The van der Waals surface area contributed by atoms with Gasteiger partial charge >= 0.3 is 0 Å². The third-order valence-corrected chi connectivity index (χ3v) is 0.910. The van der Waals surface area contributed by atoms with Gasteiger partial charge in [-0.15, -0.1) is 0 Å². The number of aromatic nitrogens is 3. The zero-order valence-electron chi connectivity index (χ0n) is 4.90. The molecule has 1 N–H and O–H groups in total. The van der Waals surface area contributed by atoms with E-state index in [0.717, 1.165) is 0 Å². The van der Waals surface area contributed by atoms with Gasteiger partial charge in [-0.05, 0) is 0 Å². The molecule has 9 heavy (non-hydrogen) atoms. The Bertz CT molecular complexity index is 202. The van der Waals surface area contributed by atoms with Gasteiger partial charge in [-0.25, -0.2) is 0 Å². The lowest BCUT2D eigenvalue weighted by atomic mass is 10.7. The van der Waals surface area contributed by atoms with E-state index in [9.17, 15) is 5.21 Å². The Morgan fingerprint density at radius 2 is 2.56 bits per heavy atom. The standard InChI is InChI=1S/C4H6N4O/c1-4(7-9)8-3-5-2-6-8/h2-3,7H,1H3. The third-order valence-electron chi connectivity index (χ3n) is 0.910. The van der Waals surface area contributed by atoms with Crippen molar-refractivity contribution >= 4 is 5.84 Å². The van der Waals surface area contributed by atoms with Crippen LogP contribution in [0.2, 0.25) is 0 Å². The van der Waals surface area contributed by atoms with Gasteiger partial charge in [0.25, 0.3) is 5.84 Å². The van der Waals surface area contributed by atoms with Crippen LogP contribution in [-0.4, -0.2) is 20.6 Å². The number of nitrogens with one attached hydrogen (secondary N) is 1. The molecule has 0 aliphatic rings. The Labute approximate surface area is 51.6 Å². The molecular formula is C4H6N4O. The molecule has 0 saturated heterocycles. The van der Waals surface area contributed by atoms with Crippen LogP contribution in [0.4, 0.5) is 0 Å². The quantitative estimate of drug-likeness (QED) is 0.191. The van der Waals surface area contributed by atoms with E-state index in [4.69, 9.17) is 0 Å². The molecule has 48 valence electrons. The van der Waals surface area contributed by atoms with Crippen LogP contribution in [0.1, 0.15) is 6.92 Å². The van der Waals surface area contributed by atoms with Crippen molar-refractivity contribution in [3.63, 3.8) is 0 Å². The predicted octanol–water partition coefficient (Wildman–Crippen LogP) is -1.88. The second kappa shape index (κ2) is 2.25. The van der Waals surface area contributed by atoms with Gasteiger partial charge < -0.3 is 5.21 Å². The average Bonchev–Trinajstić information content (AvgIpc) is 2.37. The molecular weight excluding hydrogens is 120 g/mol. The van der Waals surface area contributed by atoms with Crippen LogP contribution in [0.5, 0.6) is 0 Å². The molecule has 0 bridgehead atoms. The number of nitrogens with zero attached hydrogens (tertiary/aromatic N) is 3. The molecule has 1 heterocycles. The Hall–Kier alpha value is -1.39. The smallest absolute Gasteiger partial charge is 0.276 e. The van der Waals surface area contributed by atoms with Crippen LogP contribution in [0.25, 0.3) is 0 Å². The molecule has 0 aromatic carbocycles. The zero-order chi connectivity index (χ0) is 6.69. The third kappa shape index (κ3) is 1.04. The highest BCUT2D eigenvalue weighted by Gasteiger charge is 1.99. The van der Waals surface area contributed by atoms with Gasteiger partial charge in [0.05, 0.1) is 0 Å². The van der Waals surface area contributed by atoms with Crippen LogP contribution in [0.15, 0.2) is 12.7 Å². The summed E-state index contributed by atoms with van der Waals surface area (Å²) in [5.41, 5.74) is 0. The van der Waals surface area contributed by atoms with E-state index in [2.05, 4.69) is 10.1 Å². The van der Waals surface area contributed by atoms with E-state index in [1.165, 1.54) is 17.3 Å². The predicted molar refractivity (Wildman–Crippen MR) is 30.4 cm³/mol. The summed E-state index contributed by atoms with van der Waals surface area (Å²) >= 11 is 0. The largest absolute Gasteiger partial charge is 0.717 e. The minimum atomic E-state index is 0.410. The van der Waals surface area contributed by atoms with Gasteiger partial charge in [0.1, 0.15) is 0 Å². The lowest BCUT2D eigenvalue weighted by Crippen LogP contribution is -2.66. The Kier molecular flexibility index (Phi) is 1.44. The van der Waals surface area contributed by atoms with Crippen LogP contribution >= 0.6 is 0 Å². The maximum atomic E-state index is 9.95. The summed E-state index contributed by atoms with van der Waals surface area (Å²) in [5.74, 6) is 0.410. The second-order valence-corrected chi connectivity index (χ2v) is 1.53. The first kappa shape index (κ1) is 5.74. The monoisotopic (exact) mass is 126 g/mol. The molecule has 0 amide bonds. The van der Waals surface area contributed by atoms with Crippen LogP contribution in [0, 0.1) is 5.21 Å². The van der Waals surface area contributed by atoms with Crippen molar-refractivity contribution in [1.29, 1.82) is 0 Å². The molecule has 5 heteroatoms. The summed E-state index contributed by atoms with van der Waals surface area (Å²) < 4.78 is 1.35. The van der Waals surface area contributed by atoms with Crippen molar-refractivity contribution in [2.75, 3.05) is 0 Å². The van der Waals surface area contributed by atoms with Crippen molar-refractivity contribution in [3.05, 3.63) is 17.9 Å².